The van der Waals surface area contributed by atoms with E-state index in [-0.39, 0.29) is 31.2 Å². The Balaban J connectivity index is 1.87. The van der Waals surface area contributed by atoms with E-state index in [0.717, 1.165) is 23.2 Å². The van der Waals surface area contributed by atoms with E-state index < -0.39 is 5.97 Å². The first kappa shape index (κ1) is 20.0. The summed E-state index contributed by atoms with van der Waals surface area (Å²) in [5, 5.41) is 12.7. The third-order valence-electron chi connectivity index (χ3n) is 4.78. The second-order valence-corrected chi connectivity index (χ2v) is 7.11. The molecule has 28 heavy (non-hydrogen) atoms. The van der Waals surface area contributed by atoms with Gasteiger partial charge in [0.05, 0.1) is 5.70 Å². The topological polar surface area (TPSA) is 72.5 Å². The van der Waals surface area contributed by atoms with Crippen LogP contribution in [-0.4, -0.2) is 16.9 Å². The van der Waals surface area contributed by atoms with Crippen LogP contribution in [-0.2, 0) is 16.0 Å². The Morgan fingerprint density at radius 3 is 2.46 bits per heavy atom. The number of amides is 1. The molecule has 0 saturated carbocycles. The molecule has 1 heterocycles. The highest BCUT2D eigenvalue weighted by Crippen LogP contribution is 2.35. The van der Waals surface area contributed by atoms with Gasteiger partial charge in [0.15, 0.2) is 0 Å². The van der Waals surface area contributed by atoms with Gasteiger partial charge in [-0.15, -0.1) is 0 Å². The Morgan fingerprint density at radius 1 is 1.11 bits per heavy atom. The molecule has 6 heteroatoms. The number of hydrazine groups is 1. The molecule has 1 N–H and O–H groups in total. The SMILES string of the molecule is CCc1ccc(C2=C[C@H](c3ccccc3Cl)N(C(=O)CCCC(=O)[O-])N2)cc1. The zero-order chi connectivity index (χ0) is 20.1. The summed E-state index contributed by atoms with van der Waals surface area (Å²) in [6, 6.07) is 15.2. The van der Waals surface area contributed by atoms with Crippen molar-refractivity contribution in [1.29, 1.82) is 0 Å². The molecule has 0 aromatic heterocycles. The van der Waals surface area contributed by atoms with Crippen molar-refractivity contribution in [3.05, 3.63) is 76.3 Å². The Labute approximate surface area is 169 Å². The van der Waals surface area contributed by atoms with Crippen molar-refractivity contribution in [3.63, 3.8) is 0 Å². The van der Waals surface area contributed by atoms with Crippen molar-refractivity contribution >= 4 is 29.2 Å². The van der Waals surface area contributed by atoms with Gasteiger partial charge in [0.2, 0.25) is 5.91 Å². The molecule has 2 aromatic rings. The van der Waals surface area contributed by atoms with Crippen LogP contribution < -0.4 is 10.5 Å². The predicted octanol–water partition coefficient (Wildman–Crippen LogP) is 3.25. The Hall–Kier alpha value is -2.79. The first-order valence-corrected chi connectivity index (χ1v) is 9.71. The molecule has 0 radical (unpaired) electrons. The number of rotatable bonds is 7. The van der Waals surface area contributed by atoms with E-state index in [1.54, 1.807) is 6.07 Å². The number of carbonyl (C=O) groups is 2. The third kappa shape index (κ3) is 4.54. The number of aliphatic carboxylic acids is 1. The molecule has 1 aliphatic rings. The van der Waals surface area contributed by atoms with Gasteiger partial charge in [0.25, 0.3) is 0 Å². The van der Waals surface area contributed by atoms with E-state index in [0.29, 0.717) is 5.02 Å². The maximum absolute atomic E-state index is 12.8. The van der Waals surface area contributed by atoms with Gasteiger partial charge in [-0.3, -0.25) is 10.2 Å². The third-order valence-corrected chi connectivity index (χ3v) is 5.13. The quantitative estimate of drug-likeness (QED) is 0.778. The summed E-state index contributed by atoms with van der Waals surface area (Å²) in [5.74, 6) is -1.35. The number of nitrogens with zero attached hydrogens (tertiary/aromatic N) is 1. The molecule has 0 spiro atoms. The maximum Gasteiger partial charge on any atom is 0.241 e. The van der Waals surface area contributed by atoms with E-state index >= 15 is 0 Å². The summed E-state index contributed by atoms with van der Waals surface area (Å²) < 4.78 is 0. The lowest BCUT2D eigenvalue weighted by Crippen LogP contribution is -2.39. The van der Waals surface area contributed by atoms with Crippen molar-refractivity contribution in [2.75, 3.05) is 0 Å². The fourth-order valence-corrected chi connectivity index (χ4v) is 3.46. The van der Waals surface area contributed by atoms with Gasteiger partial charge < -0.3 is 9.90 Å². The number of hydrogen-bond donors (Lipinski definition) is 1. The first-order valence-electron chi connectivity index (χ1n) is 9.33. The first-order chi connectivity index (χ1) is 13.5. The summed E-state index contributed by atoms with van der Waals surface area (Å²) in [5.41, 5.74) is 7.02. The van der Waals surface area contributed by atoms with E-state index in [4.69, 9.17) is 11.6 Å². The fraction of sp³-hybridized carbons (Fsp3) is 0.273. The number of carbonyl (C=O) groups excluding carboxylic acids is 2. The molecule has 1 aliphatic heterocycles. The summed E-state index contributed by atoms with van der Waals surface area (Å²) >= 11 is 6.37. The summed E-state index contributed by atoms with van der Waals surface area (Å²) in [6.45, 7) is 2.10. The van der Waals surface area contributed by atoms with Crippen molar-refractivity contribution in [2.45, 2.75) is 38.6 Å². The lowest BCUT2D eigenvalue weighted by atomic mass is 10.0. The minimum atomic E-state index is -1.15. The highest BCUT2D eigenvalue weighted by atomic mass is 35.5. The second kappa shape index (κ2) is 8.93. The van der Waals surface area contributed by atoms with Crippen molar-refractivity contribution in [1.82, 2.24) is 10.4 Å². The summed E-state index contributed by atoms with van der Waals surface area (Å²) in [7, 11) is 0. The number of nitrogens with one attached hydrogen (secondary N) is 1. The van der Waals surface area contributed by atoms with Crippen LogP contribution in [0.4, 0.5) is 0 Å². The Kier molecular flexibility index (Phi) is 6.37. The molecule has 0 fully saturated rings. The van der Waals surface area contributed by atoms with Crippen LogP contribution in [0.5, 0.6) is 0 Å². The van der Waals surface area contributed by atoms with Crippen molar-refractivity contribution < 1.29 is 14.7 Å². The number of halogens is 1. The van der Waals surface area contributed by atoms with Crippen LogP contribution in [0.2, 0.25) is 5.02 Å². The molecule has 0 aliphatic carbocycles. The Morgan fingerprint density at radius 2 is 1.82 bits per heavy atom. The lowest BCUT2D eigenvalue weighted by molar-refractivity contribution is -0.305. The van der Waals surface area contributed by atoms with Crippen LogP contribution in [0, 0.1) is 0 Å². The summed E-state index contributed by atoms with van der Waals surface area (Å²) in [4.78, 5) is 23.4. The Bertz CT molecular complexity index is 893. The molecular formula is C22H22ClN2O3-. The van der Waals surface area contributed by atoms with Crippen molar-refractivity contribution in [3.8, 4) is 0 Å². The molecule has 5 nitrogen and oxygen atoms in total. The fourth-order valence-electron chi connectivity index (χ4n) is 3.22. The van der Waals surface area contributed by atoms with E-state index in [9.17, 15) is 14.7 Å². The van der Waals surface area contributed by atoms with Gasteiger partial charge in [-0.2, -0.15) is 0 Å². The van der Waals surface area contributed by atoms with Crippen LogP contribution >= 0.6 is 11.6 Å². The number of carboxylic acid groups (broad SMARTS) is 1. The number of aryl methyl sites for hydroxylation is 1. The second-order valence-electron chi connectivity index (χ2n) is 6.70. The zero-order valence-corrected chi connectivity index (χ0v) is 16.4. The minimum absolute atomic E-state index is 0.109. The van der Waals surface area contributed by atoms with Gasteiger partial charge >= 0.3 is 0 Å². The molecular weight excluding hydrogens is 376 g/mol. The van der Waals surface area contributed by atoms with E-state index in [1.807, 2.05) is 36.4 Å². The van der Waals surface area contributed by atoms with Crippen LogP contribution in [0.1, 0.15) is 48.9 Å². The molecule has 146 valence electrons. The van der Waals surface area contributed by atoms with Gasteiger partial charge in [-0.05, 0) is 48.1 Å². The van der Waals surface area contributed by atoms with E-state index in [1.165, 1.54) is 10.6 Å². The molecule has 0 unspecified atom stereocenters. The molecule has 0 saturated heterocycles. The van der Waals surface area contributed by atoms with Crippen LogP contribution in [0.3, 0.4) is 0 Å². The molecule has 1 atom stereocenters. The standard InChI is InChI=1S/C22H23ClN2O3/c1-2-15-10-12-16(13-11-15)19-14-20(17-6-3-4-7-18(17)23)25(24-19)21(26)8-5-9-22(27)28/h3-4,6-7,10-14,20,24H,2,5,8-9H2,1H3,(H,27,28)/p-1/t20-/m1/s1. The number of carboxylic acids is 1. The average Bonchev–Trinajstić information content (AvgIpc) is 3.13. The highest BCUT2D eigenvalue weighted by Gasteiger charge is 2.31. The average molecular weight is 398 g/mol. The highest BCUT2D eigenvalue weighted by molar-refractivity contribution is 6.31. The molecule has 2 aromatic carbocycles. The molecule has 3 rings (SSSR count). The molecule has 0 bridgehead atoms. The predicted molar refractivity (Wildman–Crippen MR) is 107 cm³/mol. The van der Waals surface area contributed by atoms with Crippen LogP contribution in [0.25, 0.3) is 5.70 Å². The van der Waals surface area contributed by atoms with Crippen molar-refractivity contribution in [2.24, 2.45) is 0 Å². The van der Waals surface area contributed by atoms with Gasteiger partial charge in [0.1, 0.15) is 6.04 Å². The van der Waals surface area contributed by atoms with Crippen LogP contribution in [0.15, 0.2) is 54.6 Å². The summed E-state index contributed by atoms with van der Waals surface area (Å²) in [6.07, 6.45) is 3.12. The maximum atomic E-state index is 12.8. The van der Waals surface area contributed by atoms with Gasteiger partial charge in [0, 0.05) is 17.4 Å². The normalized spacial score (nSPS) is 15.9. The minimum Gasteiger partial charge on any atom is -0.550 e. The lowest BCUT2D eigenvalue weighted by Gasteiger charge is -2.26. The molecule has 1 amide bonds. The van der Waals surface area contributed by atoms with Gasteiger partial charge in [-0.1, -0.05) is 61.0 Å². The number of benzene rings is 2. The van der Waals surface area contributed by atoms with E-state index in [2.05, 4.69) is 24.5 Å². The van der Waals surface area contributed by atoms with Gasteiger partial charge in [-0.25, -0.2) is 5.01 Å². The largest absolute Gasteiger partial charge is 0.550 e. The smallest absolute Gasteiger partial charge is 0.241 e. The zero-order valence-electron chi connectivity index (χ0n) is 15.7. The number of hydrogen-bond acceptors (Lipinski definition) is 4. The monoisotopic (exact) mass is 397 g/mol.